The topological polar surface area (TPSA) is 90.3 Å². The van der Waals surface area contributed by atoms with E-state index in [1.54, 1.807) is 6.92 Å². The molecule has 1 aliphatic carbocycles. The van der Waals surface area contributed by atoms with Crippen molar-refractivity contribution in [1.82, 2.24) is 14.9 Å². The van der Waals surface area contributed by atoms with E-state index < -0.39 is 34.3 Å². The molecular formula is C24H31F4N3O4S. The van der Waals surface area contributed by atoms with E-state index in [0.717, 1.165) is 4.57 Å². The van der Waals surface area contributed by atoms with Crippen LogP contribution < -0.4 is 10.1 Å². The Balaban J connectivity index is 1.76. The van der Waals surface area contributed by atoms with Gasteiger partial charge in [-0.1, -0.05) is 13.0 Å². The Morgan fingerprint density at radius 3 is 2.44 bits per heavy atom. The second-order valence-corrected chi connectivity index (χ2v) is 11.5. The molecule has 200 valence electrons. The number of benzene rings is 1. The molecule has 7 nitrogen and oxygen atoms in total. The third-order valence-corrected chi connectivity index (χ3v) is 8.24. The molecule has 1 heterocycles. The maximum absolute atomic E-state index is 15.5. The summed E-state index contributed by atoms with van der Waals surface area (Å²) < 4.78 is 83.1. The number of carbonyl (C=O) groups is 1. The number of amides is 1. The molecule has 0 saturated heterocycles. The third kappa shape index (κ3) is 6.77. The lowest BCUT2D eigenvalue weighted by Crippen LogP contribution is -2.34. The maximum Gasteiger partial charge on any atom is 0.389 e. The molecule has 1 aliphatic rings. The zero-order chi connectivity index (χ0) is 26.7. The molecule has 0 spiro atoms. The van der Waals surface area contributed by atoms with Crippen LogP contribution in [-0.2, 0) is 22.7 Å². The van der Waals surface area contributed by atoms with Gasteiger partial charge in [0.25, 0.3) is 5.91 Å². The van der Waals surface area contributed by atoms with Crippen molar-refractivity contribution < 1.29 is 35.5 Å². The van der Waals surface area contributed by atoms with Gasteiger partial charge in [-0.25, -0.2) is 13.4 Å². The van der Waals surface area contributed by atoms with Gasteiger partial charge in [-0.2, -0.15) is 17.6 Å². The fourth-order valence-electron chi connectivity index (χ4n) is 4.50. The number of aromatic nitrogens is 2. The molecule has 0 atom stereocenters. The number of alkyl halides is 3. The van der Waals surface area contributed by atoms with Crippen molar-refractivity contribution in [2.75, 3.05) is 19.9 Å². The second kappa shape index (κ2) is 11.2. The Morgan fingerprint density at radius 2 is 1.89 bits per heavy atom. The minimum atomic E-state index is -4.30. The van der Waals surface area contributed by atoms with Crippen LogP contribution in [0, 0.1) is 11.9 Å². The minimum Gasteiger partial charge on any atom is -0.495 e. The van der Waals surface area contributed by atoms with Gasteiger partial charge in [-0.3, -0.25) is 9.36 Å². The molecule has 0 unspecified atom stereocenters. The zero-order valence-corrected chi connectivity index (χ0v) is 21.3. The van der Waals surface area contributed by atoms with Gasteiger partial charge in [0, 0.05) is 25.6 Å². The lowest BCUT2D eigenvalue weighted by Gasteiger charge is -2.27. The minimum absolute atomic E-state index is 0.0899. The highest BCUT2D eigenvalue weighted by molar-refractivity contribution is 7.91. The summed E-state index contributed by atoms with van der Waals surface area (Å²) in [5.74, 6) is -1.08. The van der Waals surface area contributed by atoms with Crippen molar-refractivity contribution in [3.63, 3.8) is 0 Å². The normalized spacial score (nSPS) is 18.8. The molecule has 0 radical (unpaired) electrons. The fourth-order valence-corrected chi connectivity index (χ4v) is 5.63. The first-order valence-corrected chi connectivity index (χ1v) is 13.8. The van der Waals surface area contributed by atoms with Crippen LogP contribution in [0.25, 0.3) is 5.69 Å². The van der Waals surface area contributed by atoms with Crippen LogP contribution >= 0.6 is 0 Å². The van der Waals surface area contributed by atoms with Crippen molar-refractivity contribution in [1.29, 1.82) is 0 Å². The molecule has 2 aromatic rings. The van der Waals surface area contributed by atoms with E-state index >= 15 is 4.39 Å². The number of nitrogens with one attached hydrogen (secondary N) is 1. The summed E-state index contributed by atoms with van der Waals surface area (Å²) in [6.07, 6.45) is -1.66. The highest BCUT2D eigenvalue weighted by Gasteiger charge is 2.30. The van der Waals surface area contributed by atoms with Gasteiger partial charge >= 0.3 is 6.18 Å². The number of rotatable bonds is 9. The number of hydrogen-bond acceptors (Lipinski definition) is 5. The van der Waals surface area contributed by atoms with Gasteiger partial charge in [0.1, 0.15) is 21.4 Å². The van der Waals surface area contributed by atoms with E-state index in [2.05, 4.69) is 10.3 Å². The summed E-state index contributed by atoms with van der Waals surface area (Å²) in [5.41, 5.74) is 0.225. The van der Waals surface area contributed by atoms with Gasteiger partial charge in [0.05, 0.1) is 18.0 Å². The van der Waals surface area contributed by atoms with Crippen molar-refractivity contribution in [2.45, 2.75) is 63.3 Å². The average Bonchev–Trinajstić information content (AvgIpc) is 3.16. The monoisotopic (exact) mass is 533 g/mol. The van der Waals surface area contributed by atoms with Crippen LogP contribution in [0.2, 0.25) is 0 Å². The summed E-state index contributed by atoms with van der Waals surface area (Å²) in [4.78, 5) is 16.9. The van der Waals surface area contributed by atoms with E-state index in [0.29, 0.717) is 37.7 Å². The predicted molar refractivity (Wildman–Crippen MR) is 127 cm³/mol. The molecule has 0 aliphatic heterocycles. The molecule has 1 aromatic heterocycles. The van der Waals surface area contributed by atoms with Crippen LogP contribution in [0.3, 0.4) is 0 Å². The summed E-state index contributed by atoms with van der Waals surface area (Å²) in [6.45, 7) is 2.02. The van der Waals surface area contributed by atoms with Crippen molar-refractivity contribution in [2.24, 2.45) is 5.92 Å². The number of aryl methyl sites for hydroxylation is 2. The zero-order valence-electron chi connectivity index (χ0n) is 20.5. The Hall–Kier alpha value is -2.63. The van der Waals surface area contributed by atoms with E-state index in [1.165, 1.54) is 31.6 Å². The largest absolute Gasteiger partial charge is 0.495 e. The van der Waals surface area contributed by atoms with Crippen molar-refractivity contribution in [3.8, 4) is 11.4 Å². The standard InChI is InChI=1S/C24H31F4N3O4S/c1-4-20-30-21(23(32)29-14-16-5-8-17(9-6-16)36(3,33)34)22(25)31(20)18-10-7-15(13-19(18)35-2)11-12-24(26,27)28/h7,10,13,16-17H,4-6,8-9,11-12,14H2,1-3H3,(H,29,32)/t16-,17+. The van der Waals surface area contributed by atoms with Crippen LogP contribution in [0.15, 0.2) is 18.2 Å². The first-order chi connectivity index (χ1) is 16.8. The molecule has 1 aromatic carbocycles. The second-order valence-electron chi connectivity index (χ2n) is 9.16. The number of ether oxygens (including phenoxy) is 1. The molecule has 1 amide bonds. The quantitative estimate of drug-likeness (QED) is 0.483. The summed E-state index contributed by atoms with van der Waals surface area (Å²) in [5, 5.41) is 2.34. The van der Waals surface area contributed by atoms with Crippen LogP contribution in [0.1, 0.15) is 60.9 Å². The summed E-state index contributed by atoms with van der Waals surface area (Å²) in [7, 11) is -1.76. The molecule has 12 heteroatoms. The molecule has 36 heavy (non-hydrogen) atoms. The summed E-state index contributed by atoms with van der Waals surface area (Å²) >= 11 is 0. The Kier molecular flexibility index (Phi) is 8.68. The number of carbonyl (C=O) groups excluding carboxylic acids is 1. The first kappa shape index (κ1) is 27.9. The summed E-state index contributed by atoms with van der Waals surface area (Å²) in [6, 6.07) is 4.35. The lowest BCUT2D eigenvalue weighted by atomic mass is 9.89. The smallest absolute Gasteiger partial charge is 0.389 e. The number of nitrogens with zero attached hydrogens (tertiary/aromatic N) is 2. The first-order valence-electron chi connectivity index (χ1n) is 11.8. The highest BCUT2D eigenvalue weighted by Crippen LogP contribution is 2.31. The van der Waals surface area contributed by atoms with E-state index in [9.17, 15) is 26.4 Å². The van der Waals surface area contributed by atoms with E-state index in [-0.39, 0.29) is 47.1 Å². The molecular weight excluding hydrogens is 502 g/mol. The van der Waals surface area contributed by atoms with Crippen LogP contribution in [-0.4, -0.2) is 55.2 Å². The van der Waals surface area contributed by atoms with E-state index in [4.69, 9.17) is 4.74 Å². The Morgan fingerprint density at radius 1 is 1.22 bits per heavy atom. The lowest BCUT2D eigenvalue weighted by molar-refractivity contribution is -0.134. The number of sulfone groups is 1. The maximum atomic E-state index is 15.5. The average molecular weight is 534 g/mol. The molecule has 1 N–H and O–H groups in total. The number of hydrogen-bond donors (Lipinski definition) is 1. The van der Waals surface area contributed by atoms with Gasteiger partial charge in [0.2, 0.25) is 5.95 Å². The molecule has 0 bridgehead atoms. The van der Waals surface area contributed by atoms with Crippen LogP contribution in [0.4, 0.5) is 17.6 Å². The van der Waals surface area contributed by atoms with Gasteiger partial charge < -0.3 is 10.1 Å². The third-order valence-electron chi connectivity index (χ3n) is 6.55. The van der Waals surface area contributed by atoms with E-state index in [1.807, 2.05) is 0 Å². The van der Waals surface area contributed by atoms with Crippen molar-refractivity contribution in [3.05, 3.63) is 41.2 Å². The Labute approximate surface area is 208 Å². The van der Waals surface area contributed by atoms with Gasteiger partial charge in [0.15, 0.2) is 5.69 Å². The van der Waals surface area contributed by atoms with Gasteiger partial charge in [-0.15, -0.1) is 0 Å². The number of methoxy groups -OCH3 is 1. The Bertz CT molecular complexity index is 1190. The number of imidazole rings is 1. The van der Waals surface area contributed by atoms with Gasteiger partial charge in [-0.05, 0) is 55.7 Å². The fraction of sp³-hybridized carbons (Fsp3) is 0.583. The predicted octanol–water partition coefficient (Wildman–Crippen LogP) is 4.41. The van der Waals surface area contributed by atoms with Crippen molar-refractivity contribution >= 4 is 15.7 Å². The highest BCUT2D eigenvalue weighted by atomic mass is 32.2. The molecule has 1 saturated carbocycles. The SMILES string of the molecule is CCc1nc(C(=O)NC[C@H]2CC[C@@H](S(C)(=O)=O)CC2)c(F)n1-c1ccc(CCC(F)(F)F)cc1OC. The van der Waals surface area contributed by atoms with Crippen LogP contribution in [0.5, 0.6) is 5.75 Å². The number of halogens is 4. The molecule has 1 fully saturated rings. The molecule has 3 rings (SSSR count).